The highest BCUT2D eigenvalue weighted by atomic mass is 79.9. The number of rotatable bonds is 11. The molecule has 7 heteroatoms. The molecule has 1 heterocycles. The minimum Gasteiger partial charge on any atom is -0.507 e. The molecule has 1 aliphatic rings. The van der Waals surface area contributed by atoms with Crippen molar-refractivity contribution in [2.24, 2.45) is 0 Å². The van der Waals surface area contributed by atoms with Gasteiger partial charge in [-0.15, -0.1) is 0 Å². The highest BCUT2D eigenvalue weighted by Gasteiger charge is 2.46. The van der Waals surface area contributed by atoms with Gasteiger partial charge < -0.3 is 19.6 Å². The fraction of sp³-hybridized carbons (Fsp3) is 0.429. The van der Waals surface area contributed by atoms with Gasteiger partial charge >= 0.3 is 0 Å². The first-order chi connectivity index (χ1) is 16.8. The van der Waals surface area contributed by atoms with Crippen LogP contribution >= 0.6 is 15.9 Å². The summed E-state index contributed by atoms with van der Waals surface area (Å²) in [5.41, 5.74) is 2.26. The molecule has 1 atom stereocenters. The van der Waals surface area contributed by atoms with Gasteiger partial charge in [0.15, 0.2) is 0 Å². The van der Waals surface area contributed by atoms with Crippen molar-refractivity contribution in [3.05, 3.63) is 69.2 Å². The average molecular weight is 544 g/mol. The number of likely N-dealkylation sites (N-methyl/N-ethyl adjacent to an activating group) is 1. The van der Waals surface area contributed by atoms with E-state index in [-0.39, 0.29) is 11.3 Å². The number of halogens is 1. The molecule has 0 aliphatic carbocycles. The second-order valence-corrected chi connectivity index (χ2v) is 9.67. The summed E-state index contributed by atoms with van der Waals surface area (Å²) in [6, 6.07) is 12.2. The third-order valence-corrected chi connectivity index (χ3v) is 7.01. The zero-order valence-corrected chi connectivity index (χ0v) is 22.6. The molecule has 0 saturated carbocycles. The minimum atomic E-state index is -0.657. The summed E-state index contributed by atoms with van der Waals surface area (Å²) in [5.74, 6) is -0.650. The predicted octanol–water partition coefficient (Wildman–Crippen LogP) is 5.70. The molecule has 2 aromatic carbocycles. The van der Waals surface area contributed by atoms with Gasteiger partial charge in [-0.3, -0.25) is 9.59 Å². The van der Waals surface area contributed by atoms with Crippen LogP contribution in [0, 0.1) is 6.92 Å². The Labute approximate surface area is 216 Å². The lowest BCUT2D eigenvalue weighted by Gasteiger charge is -2.28. The Bertz CT molecular complexity index is 1080. The van der Waals surface area contributed by atoms with Crippen molar-refractivity contribution in [1.29, 1.82) is 0 Å². The number of likely N-dealkylation sites (tertiary alicyclic amines) is 1. The van der Waals surface area contributed by atoms with Crippen molar-refractivity contribution >= 4 is 33.4 Å². The third kappa shape index (κ3) is 6.14. The van der Waals surface area contributed by atoms with Gasteiger partial charge in [-0.1, -0.05) is 55.3 Å². The maximum absolute atomic E-state index is 13.2. The predicted molar refractivity (Wildman–Crippen MR) is 143 cm³/mol. The molecular formula is C28H35BrN2O4. The molecule has 188 valence electrons. The first kappa shape index (κ1) is 27.0. The quantitative estimate of drug-likeness (QED) is 0.171. The van der Waals surface area contributed by atoms with E-state index in [0.717, 1.165) is 47.3 Å². The second-order valence-electron chi connectivity index (χ2n) is 8.75. The zero-order valence-electron chi connectivity index (χ0n) is 21.0. The number of aliphatic hydroxyl groups is 1. The smallest absolute Gasteiger partial charge is 0.295 e. The number of aryl methyl sites for hydroxylation is 1. The summed E-state index contributed by atoms with van der Waals surface area (Å²) < 4.78 is 6.73. The summed E-state index contributed by atoms with van der Waals surface area (Å²) >= 11 is 3.45. The Hall–Kier alpha value is -2.64. The highest BCUT2D eigenvalue weighted by Crippen LogP contribution is 2.40. The molecule has 1 amide bonds. The molecule has 1 aliphatic heterocycles. The van der Waals surface area contributed by atoms with Gasteiger partial charge in [0, 0.05) is 23.1 Å². The monoisotopic (exact) mass is 542 g/mol. The summed E-state index contributed by atoms with van der Waals surface area (Å²) in [6.07, 6.45) is 2.01. The Morgan fingerprint density at radius 1 is 1.09 bits per heavy atom. The fourth-order valence-corrected chi connectivity index (χ4v) is 4.60. The van der Waals surface area contributed by atoms with Crippen molar-refractivity contribution in [1.82, 2.24) is 9.80 Å². The molecule has 1 fully saturated rings. The number of hydrogen-bond donors (Lipinski definition) is 1. The number of benzene rings is 2. The Morgan fingerprint density at radius 2 is 1.77 bits per heavy atom. The number of amides is 1. The van der Waals surface area contributed by atoms with Gasteiger partial charge in [0.25, 0.3) is 11.7 Å². The second kappa shape index (κ2) is 12.4. The molecule has 0 aromatic heterocycles. The Balaban J connectivity index is 2.03. The van der Waals surface area contributed by atoms with Gasteiger partial charge in [0.05, 0.1) is 18.2 Å². The number of carbonyl (C=O) groups excluding carboxylic acids is 2. The largest absolute Gasteiger partial charge is 0.507 e. The number of hydrogen-bond acceptors (Lipinski definition) is 5. The van der Waals surface area contributed by atoms with Gasteiger partial charge in [-0.25, -0.2) is 0 Å². The van der Waals surface area contributed by atoms with Crippen LogP contribution in [0.5, 0.6) is 5.75 Å². The van der Waals surface area contributed by atoms with E-state index in [2.05, 4.69) is 41.6 Å². The molecule has 0 spiro atoms. The van der Waals surface area contributed by atoms with Crippen LogP contribution in [-0.2, 0) is 9.59 Å². The topological polar surface area (TPSA) is 70.1 Å². The van der Waals surface area contributed by atoms with Crippen LogP contribution in [-0.4, -0.2) is 59.4 Å². The number of ketones is 1. The van der Waals surface area contributed by atoms with E-state index in [4.69, 9.17) is 4.74 Å². The van der Waals surface area contributed by atoms with Crippen molar-refractivity contribution in [3.8, 4) is 5.75 Å². The van der Waals surface area contributed by atoms with E-state index in [0.29, 0.717) is 25.3 Å². The normalized spacial score (nSPS) is 17.4. The molecular weight excluding hydrogens is 508 g/mol. The lowest BCUT2D eigenvalue weighted by atomic mass is 9.95. The van der Waals surface area contributed by atoms with E-state index in [9.17, 15) is 14.7 Å². The number of nitrogens with zero attached hydrogens (tertiary/aromatic N) is 2. The third-order valence-electron chi connectivity index (χ3n) is 6.48. The van der Waals surface area contributed by atoms with Gasteiger partial charge in [-0.05, 0) is 67.9 Å². The Morgan fingerprint density at radius 3 is 2.37 bits per heavy atom. The maximum atomic E-state index is 13.2. The Kier molecular flexibility index (Phi) is 9.52. The molecule has 0 unspecified atom stereocenters. The van der Waals surface area contributed by atoms with Crippen molar-refractivity contribution in [2.45, 2.75) is 46.6 Å². The van der Waals surface area contributed by atoms with Crippen LogP contribution in [0.15, 0.2) is 52.5 Å². The lowest BCUT2D eigenvalue weighted by Crippen LogP contribution is -2.38. The van der Waals surface area contributed by atoms with Crippen LogP contribution < -0.4 is 4.74 Å². The highest BCUT2D eigenvalue weighted by molar-refractivity contribution is 9.10. The first-order valence-corrected chi connectivity index (χ1v) is 13.1. The number of ether oxygens (including phenoxy) is 1. The molecule has 2 aromatic rings. The fourth-order valence-electron chi connectivity index (χ4n) is 4.33. The lowest BCUT2D eigenvalue weighted by molar-refractivity contribution is -0.140. The standard InChI is InChI=1S/C28H35BrN2O4/c1-5-8-17-35-23-14-11-21(18-19(23)4)26(32)24-25(20-9-12-22(29)13-10-20)31(28(34)27(24)33)16-15-30(6-2)7-3/h9-14,18,25,32H,5-8,15-17H2,1-4H3/t25-/m1/s1. The number of carbonyl (C=O) groups is 2. The van der Waals surface area contributed by atoms with Crippen molar-refractivity contribution in [3.63, 3.8) is 0 Å². The molecule has 6 nitrogen and oxygen atoms in total. The van der Waals surface area contributed by atoms with E-state index >= 15 is 0 Å². The number of Topliss-reactive ketones (excluding diaryl/α,β-unsaturated/α-hetero) is 1. The molecule has 3 rings (SSSR count). The number of aliphatic hydroxyl groups excluding tert-OH is 1. The first-order valence-electron chi connectivity index (χ1n) is 12.3. The zero-order chi connectivity index (χ0) is 25.5. The summed E-state index contributed by atoms with van der Waals surface area (Å²) in [4.78, 5) is 30.2. The summed E-state index contributed by atoms with van der Waals surface area (Å²) in [5, 5.41) is 11.3. The van der Waals surface area contributed by atoms with Crippen LogP contribution in [0.4, 0.5) is 0 Å². The minimum absolute atomic E-state index is 0.121. The SMILES string of the molecule is CCCCOc1ccc(C(O)=C2C(=O)C(=O)N(CCN(CC)CC)[C@@H]2c2ccc(Br)cc2)cc1C. The van der Waals surface area contributed by atoms with E-state index in [1.54, 1.807) is 17.0 Å². The van der Waals surface area contributed by atoms with E-state index < -0.39 is 17.7 Å². The van der Waals surface area contributed by atoms with Crippen LogP contribution in [0.2, 0.25) is 0 Å². The van der Waals surface area contributed by atoms with Crippen molar-refractivity contribution < 1.29 is 19.4 Å². The molecule has 0 bridgehead atoms. The number of unbranched alkanes of at least 4 members (excludes halogenated alkanes) is 1. The molecule has 0 radical (unpaired) electrons. The molecule has 1 N–H and O–H groups in total. The van der Waals surface area contributed by atoms with Gasteiger partial charge in [0.1, 0.15) is 11.5 Å². The van der Waals surface area contributed by atoms with E-state index in [1.165, 1.54) is 0 Å². The van der Waals surface area contributed by atoms with Gasteiger partial charge in [0.2, 0.25) is 0 Å². The summed E-state index contributed by atoms with van der Waals surface area (Å²) in [6.45, 7) is 11.5. The van der Waals surface area contributed by atoms with Crippen LogP contribution in [0.3, 0.4) is 0 Å². The molecule has 1 saturated heterocycles. The van der Waals surface area contributed by atoms with E-state index in [1.807, 2.05) is 37.3 Å². The average Bonchev–Trinajstić information content (AvgIpc) is 3.10. The van der Waals surface area contributed by atoms with Crippen LogP contribution in [0.1, 0.15) is 56.3 Å². The van der Waals surface area contributed by atoms with Gasteiger partial charge in [-0.2, -0.15) is 0 Å². The maximum Gasteiger partial charge on any atom is 0.295 e. The van der Waals surface area contributed by atoms with Crippen LogP contribution in [0.25, 0.3) is 5.76 Å². The van der Waals surface area contributed by atoms with Crippen molar-refractivity contribution in [2.75, 3.05) is 32.8 Å². The molecule has 35 heavy (non-hydrogen) atoms. The summed E-state index contributed by atoms with van der Waals surface area (Å²) in [7, 11) is 0.